The van der Waals surface area contributed by atoms with E-state index >= 15 is 0 Å². The number of halogens is 1. The van der Waals surface area contributed by atoms with E-state index in [4.69, 9.17) is 0 Å². The molecule has 1 atom stereocenters. The number of imidazole rings is 1. The van der Waals surface area contributed by atoms with Gasteiger partial charge in [-0.15, -0.1) is 0 Å². The van der Waals surface area contributed by atoms with E-state index in [0.717, 1.165) is 16.9 Å². The molecule has 80 valence electrons. The zero-order valence-corrected chi connectivity index (χ0v) is 10.1. The van der Waals surface area contributed by atoms with Crippen molar-refractivity contribution in [3.8, 4) is 0 Å². The minimum absolute atomic E-state index is 0.374. The molecule has 0 aliphatic carbocycles. The summed E-state index contributed by atoms with van der Waals surface area (Å²) >= 11 is 3.27. The molecule has 15 heavy (non-hydrogen) atoms. The number of rotatable bonds is 3. The third-order valence-electron chi connectivity index (χ3n) is 2.42. The molecule has 0 aliphatic heterocycles. The van der Waals surface area contributed by atoms with Crippen molar-refractivity contribution in [3.05, 3.63) is 30.1 Å². The van der Waals surface area contributed by atoms with Crippen LogP contribution in [-0.4, -0.2) is 26.1 Å². The molecule has 1 N–H and O–H groups in total. The van der Waals surface area contributed by atoms with Gasteiger partial charge in [-0.2, -0.15) is 0 Å². The summed E-state index contributed by atoms with van der Waals surface area (Å²) in [5.41, 5.74) is 2.06. The Bertz CT molecular complexity index is 467. The van der Waals surface area contributed by atoms with Crippen LogP contribution in [0.1, 0.15) is 5.82 Å². The molecule has 1 unspecified atom stereocenters. The van der Waals surface area contributed by atoms with Crippen LogP contribution in [0.5, 0.6) is 0 Å². The Morgan fingerprint density at radius 2 is 2.20 bits per heavy atom. The number of hydrogen-bond acceptors (Lipinski definition) is 2. The van der Waals surface area contributed by atoms with Gasteiger partial charge in [0.1, 0.15) is 5.82 Å². The van der Waals surface area contributed by atoms with Gasteiger partial charge in [0.25, 0.3) is 0 Å². The third-order valence-corrected chi connectivity index (χ3v) is 3.16. The van der Waals surface area contributed by atoms with Crippen molar-refractivity contribution >= 4 is 27.0 Å². The van der Waals surface area contributed by atoms with E-state index in [1.54, 1.807) is 0 Å². The summed E-state index contributed by atoms with van der Waals surface area (Å²) < 4.78 is 2.04. The number of hydrogen-bond donors (Lipinski definition) is 1. The molecule has 2 aromatic rings. The average Bonchev–Trinajstić information content (AvgIpc) is 2.55. The smallest absolute Gasteiger partial charge is 0.106 e. The first kappa shape index (κ1) is 10.6. The van der Waals surface area contributed by atoms with E-state index in [1.807, 2.05) is 35.8 Å². The second kappa shape index (κ2) is 4.33. The Balaban J connectivity index is 2.45. The van der Waals surface area contributed by atoms with Crippen molar-refractivity contribution in [1.29, 1.82) is 0 Å². The van der Waals surface area contributed by atoms with Crippen LogP contribution in [-0.2, 0) is 6.54 Å². The van der Waals surface area contributed by atoms with Crippen molar-refractivity contribution in [2.24, 2.45) is 0 Å². The zero-order chi connectivity index (χ0) is 10.8. The van der Waals surface area contributed by atoms with Gasteiger partial charge >= 0.3 is 0 Å². The van der Waals surface area contributed by atoms with Gasteiger partial charge < -0.3 is 9.67 Å². The molecule has 1 aromatic carbocycles. The summed E-state index contributed by atoms with van der Waals surface area (Å²) in [5.74, 6) is 0.941. The lowest BCUT2D eigenvalue weighted by molar-refractivity contribution is 0.180. The SMILES string of the molecule is Cc1nc2ccccc2n1CC(O)CBr. The maximum Gasteiger partial charge on any atom is 0.106 e. The fourth-order valence-corrected chi connectivity index (χ4v) is 1.89. The van der Waals surface area contributed by atoms with E-state index in [9.17, 15) is 5.11 Å². The van der Waals surface area contributed by atoms with E-state index in [1.165, 1.54) is 0 Å². The minimum Gasteiger partial charge on any atom is -0.390 e. The molecule has 0 radical (unpaired) electrons. The standard InChI is InChI=1S/C11H13BrN2O/c1-8-13-10-4-2-3-5-11(10)14(8)7-9(15)6-12/h2-5,9,15H,6-7H2,1H3. The number of para-hydroxylation sites is 2. The van der Waals surface area contributed by atoms with Crippen LogP contribution in [0.15, 0.2) is 24.3 Å². The molecule has 0 saturated carbocycles. The quantitative estimate of drug-likeness (QED) is 0.866. The molecule has 0 spiro atoms. The second-order valence-corrected chi connectivity index (χ2v) is 4.21. The highest BCUT2D eigenvalue weighted by Crippen LogP contribution is 2.16. The lowest BCUT2D eigenvalue weighted by atomic mass is 10.3. The molecule has 1 aromatic heterocycles. The maximum atomic E-state index is 9.62. The molecule has 2 rings (SSSR count). The van der Waals surface area contributed by atoms with Gasteiger partial charge in [-0.05, 0) is 19.1 Å². The third kappa shape index (κ3) is 2.06. The number of benzene rings is 1. The number of nitrogens with zero attached hydrogens (tertiary/aromatic N) is 2. The summed E-state index contributed by atoms with van der Waals surface area (Å²) in [4.78, 5) is 4.44. The van der Waals surface area contributed by atoms with Gasteiger partial charge in [-0.25, -0.2) is 4.98 Å². The molecule has 0 fully saturated rings. The summed E-state index contributed by atoms with van der Waals surface area (Å²) in [7, 11) is 0. The number of aromatic nitrogens is 2. The minimum atomic E-state index is -0.374. The van der Waals surface area contributed by atoms with Crippen molar-refractivity contribution in [2.45, 2.75) is 19.6 Å². The number of fused-ring (bicyclic) bond motifs is 1. The van der Waals surface area contributed by atoms with Crippen LogP contribution in [0.4, 0.5) is 0 Å². The Morgan fingerprint density at radius 3 is 2.93 bits per heavy atom. The molecule has 0 bridgehead atoms. The van der Waals surface area contributed by atoms with Gasteiger partial charge in [-0.3, -0.25) is 0 Å². The van der Waals surface area contributed by atoms with Gasteiger partial charge in [0.2, 0.25) is 0 Å². The van der Waals surface area contributed by atoms with Gasteiger partial charge in [0, 0.05) is 5.33 Å². The predicted molar refractivity (Wildman–Crippen MR) is 64.3 cm³/mol. The highest BCUT2D eigenvalue weighted by molar-refractivity contribution is 9.09. The van der Waals surface area contributed by atoms with E-state index in [0.29, 0.717) is 11.9 Å². The van der Waals surface area contributed by atoms with Crippen molar-refractivity contribution < 1.29 is 5.11 Å². The highest BCUT2D eigenvalue weighted by Gasteiger charge is 2.09. The van der Waals surface area contributed by atoms with Crippen LogP contribution in [0.2, 0.25) is 0 Å². The molecule has 1 heterocycles. The van der Waals surface area contributed by atoms with Crippen molar-refractivity contribution in [2.75, 3.05) is 5.33 Å². The average molecular weight is 269 g/mol. The van der Waals surface area contributed by atoms with Crippen LogP contribution in [0.3, 0.4) is 0 Å². The number of aryl methyl sites for hydroxylation is 1. The van der Waals surface area contributed by atoms with Crippen molar-refractivity contribution in [1.82, 2.24) is 9.55 Å². The number of alkyl halides is 1. The van der Waals surface area contributed by atoms with Gasteiger partial charge in [-0.1, -0.05) is 28.1 Å². The van der Waals surface area contributed by atoms with Gasteiger partial charge in [0.15, 0.2) is 0 Å². The fraction of sp³-hybridized carbons (Fsp3) is 0.364. The summed E-state index contributed by atoms with van der Waals surface area (Å²) in [6.45, 7) is 2.54. The van der Waals surface area contributed by atoms with E-state index < -0.39 is 0 Å². The molecule has 3 nitrogen and oxygen atoms in total. The fourth-order valence-electron chi connectivity index (χ4n) is 1.69. The monoisotopic (exact) mass is 268 g/mol. The van der Waals surface area contributed by atoms with E-state index in [-0.39, 0.29) is 6.10 Å². The first-order valence-electron chi connectivity index (χ1n) is 4.88. The Morgan fingerprint density at radius 1 is 1.47 bits per heavy atom. The lowest BCUT2D eigenvalue weighted by Crippen LogP contribution is -2.17. The summed E-state index contributed by atoms with van der Waals surface area (Å²) in [6.07, 6.45) is -0.374. The topological polar surface area (TPSA) is 38.0 Å². The Hall–Kier alpha value is -0.870. The molecule has 0 saturated heterocycles. The van der Waals surface area contributed by atoms with Crippen molar-refractivity contribution in [3.63, 3.8) is 0 Å². The zero-order valence-electron chi connectivity index (χ0n) is 8.52. The highest BCUT2D eigenvalue weighted by atomic mass is 79.9. The molecule has 4 heteroatoms. The lowest BCUT2D eigenvalue weighted by Gasteiger charge is -2.10. The largest absolute Gasteiger partial charge is 0.390 e. The molecule has 0 aliphatic rings. The number of aliphatic hydroxyl groups excluding tert-OH is 1. The second-order valence-electron chi connectivity index (χ2n) is 3.57. The Kier molecular flexibility index (Phi) is 3.07. The van der Waals surface area contributed by atoms with Crippen LogP contribution in [0.25, 0.3) is 11.0 Å². The van der Waals surface area contributed by atoms with Gasteiger partial charge in [0.05, 0.1) is 23.7 Å². The normalized spacial score (nSPS) is 13.3. The summed E-state index contributed by atoms with van der Waals surface area (Å²) in [6, 6.07) is 7.97. The molecule has 0 amide bonds. The predicted octanol–water partition coefficient (Wildman–Crippen LogP) is 2.10. The first-order chi connectivity index (χ1) is 7.22. The van der Waals surface area contributed by atoms with E-state index in [2.05, 4.69) is 20.9 Å². The van der Waals surface area contributed by atoms with Crippen LogP contribution < -0.4 is 0 Å². The molecular weight excluding hydrogens is 256 g/mol. The number of aliphatic hydroxyl groups is 1. The molecular formula is C11H13BrN2O. The van der Waals surface area contributed by atoms with Crippen LogP contribution in [0, 0.1) is 6.92 Å². The maximum absolute atomic E-state index is 9.62. The first-order valence-corrected chi connectivity index (χ1v) is 6.00. The summed E-state index contributed by atoms with van der Waals surface area (Å²) in [5, 5.41) is 10.2. The van der Waals surface area contributed by atoms with Crippen LogP contribution >= 0.6 is 15.9 Å². The Labute approximate surface area is 96.9 Å².